The summed E-state index contributed by atoms with van der Waals surface area (Å²) in [5.41, 5.74) is 0.248. The minimum absolute atomic E-state index is 0.573. The molecule has 4 nitrogen and oxygen atoms in total. The van der Waals surface area contributed by atoms with Gasteiger partial charge in [-0.15, -0.1) is 0 Å². The van der Waals surface area contributed by atoms with Crippen molar-refractivity contribution in [2.75, 3.05) is 52.5 Å². The Hall–Kier alpha value is -1.15. The number of rotatable bonds is 8. The van der Waals surface area contributed by atoms with Gasteiger partial charge in [-0.3, -0.25) is 4.90 Å². The van der Waals surface area contributed by atoms with Gasteiger partial charge in [0.15, 0.2) is 0 Å². The van der Waals surface area contributed by atoms with E-state index < -0.39 is 11.7 Å². The van der Waals surface area contributed by atoms with Crippen LogP contribution in [0.3, 0.4) is 0 Å². The van der Waals surface area contributed by atoms with Crippen LogP contribution in [0.5, 0.6) is 0 Å². The molecule has 2 rings (SSSR count). The maximum absolute atomic E-state index is 12.4. The van der Waals surface area contributed by atoms with Crippen LogP contribution < -0.4 is 10.6 Å². The number of nitrogens with zero attached hydrogens (tertiary/aromatic N) is 1. The summed E-state index contributed by atoms with van der Waals surface area (Å²) in [6, 6.07) is 5.28. The number of benzene rings is 1. The third-order valence-corrected chi connectivity index (χ3v) is 3.80. The number of alkyl halides is 3. The van der Waals surface area contributed by atoms with Crippen LogP contribution in [0, 0.1) is 0 Å². The molecule has 23 heavy (non-hydrogen) atoms. The van der Waals surface area contributed by atoms with Crippen LogP contribution in [0.1, 0.15) is 11.1 Å². The van der Waals surface area contributed by atoms with Gasteiger partial charge in [0.2, 0.25) is 0 Å². The van der Waals surface area contributed by atoms with Crippen molar-refractivity contribution in [3.8, 4) is 0 Å². The molecule has 7 heteroatoms. The Labute approximate surface area is 135 Å². The minimum Gasteiger partial charge on any atom is -0.379 e. The molecule has 0 unspecified atom stereocenters. The molecule has 0 radical (unpaired) electrons. The fourth-order valence-electron chi connectivity index (χ4n) is 2.41. The van der Waals surface area contributed by atoms with Gasteiger partial charge in [0.1, 0.15) is 0 Å². The van der Waals surface area contributed by atoms with Crippen LogP contribution in [-0.4, -0.2) is 57.4 Å². The van der Waals surface area contributed by atoms with E-state index in [1.807, 2.05) is 0 Å². The highest BCUT2D eigenvalue weighted by atomic mass is 19.4. The van der Waals surface area contributed by atoms with E-state index in [2.05, 4.69) is 15.5 Å². The first-order chi connectivity index (χ1) is 11.1. The lowest BCUT2D eigenvalue weighted by molar-refractivity contribution is -0.137. The highest BCUT2D eigenvalue weighted by Gasteiger charge is 2.29. The second-order valence-corrected chi connectivity index (χ2v) is 5.58. The summed E-state index contributed by atoms with van der Waals surface area (Å²) in [6.07, 6.45) is -4.27. The maximum Gasteiger partial charge on any atom is 0.416 e. The Balaban J connectivity index is 1.51. The average Bonchev–Trinajstić information content (AvgIpc) is 2.54. The molecule has 0 saturated carbocycles. The number of hydrogen-bond acceptors (Lipinski definition) is 4. The molecule has 1 fully saturated rings. The first-order valence-corrected chi connectivity index (χ1v) is 7.93. The van der Waals surface area contributed by atoms with Gasteiger partial charge in [0.05, 0.1) is 18.8 Å². The zero-order valence-electron chi connectivity index (χ0n) is 13.2. The normalized spacial score (nSPS) is 16.7. The van der Waals surface area contributed by atoms with E-state index in [4.69, 9.17) is 4.74 Å². The first-order valence-electron chi connectivity index (χ1n) is 7.93. The van der Waals surface area contributed by atoms with Crippen molar-refractivity contribution in [3.63, 3.8) is 0 Å². The molecule has 1 aliphatic rings. The largest absolute Gasteiger partial charge is 0.416 e. The molecule has 1 aliphatic heterocycles. The lowest BCUT2D eigenvalue weighted by atomic mass is 10.1. The van der Waals surface area contributed by atoms with Gasteiger partial charge in [-0.2, -0.15) is 13.2 Å². The molecule has 0 spiro atoms. The van der Waals surface area contributed by atoms with E-state index in [9.17, 15) is 13.2 Å². The Kier molecular flexibility index (Phi) is 7.29. The van der Waals surface area contributed by atoms with E-state index in [0.29, 0.717) is 6.54 Å². The van der Waals surface area contributed by atoms with Crippen LogP contribution in [-0.2, 0) is 17.5 Å². The van der Waals surface area contributed by atoms with Crippen LogP contribution in [0.15, 0.2) is 24.3 Å². The summed E-state index contributed by atoms with van der Waals surface area (Å²) < 4.78 is 42.6. The topological polar surface area (TPSA) is 36.5 Å². The van der Waals surface area contributed by atoms with E-state index in [1.54, 1.807) is 0 Å². The number of hydrogen-bond donors (Lipinski definition) is 2. The van der Waals surface area contributed by atoms with Gasteiger partial charge >= 0.3 is 6.18 Å². The number of nitrogens with one attached hydrogen (secondary N) is 2. The SMILES string of the molecule is FC(F)(F)c1ccc(CNCCNCCN2CCOCC2)cc1. The lowest BCUT2D eigenvalue weighted by Gasteiger charge is -2.26. The van der Waals surface area contributed by atoms with Gasteiger partial charge in [-0.1, -0.05) is 12.1 Å². The van der Waals surface area contributed by atoms with Crippen LogP contribution in [0.2, 0.25) is 0 Å². The molecule has 1 aromatic rings. The van der Waals surface area contributed by atoms with Crippen LogP contribution in [0.25, 0.3) is 0 Å². The molecule has 0 amide bonds. The van der Waals surface area contributed by atoms with Crippen molar-refractivity contribution in [1.82, 2.24) is 15.5 Å². The fourth-order valence-corrected chi connectivity index (χ4v) is 2.41. The molecule has 0 atom stereocenters. The summed E-state index contributed by atoms with van der Waals surface area (Å²) in [7, 11) is 0. The molecule has 0 aromatic heterocycles. The fraction of sp³-hybridized carbons (Fsp3) is 0.625. The zero-order valence-corrected chi connectivity index (χ0v) is 13.2. The molecular formula is C16H24F3N3O. The standard InChI is InChI=1S/C16H24F3N3O/c17-16(18,19)15-3-1-14(2-4-15)13-21-6-5-20-7-8-22-9-11-23-12-10-22/h1-4,20-21H,5-13H2. The number of morpholine rings is 1. The van der Waals surface area contributed by atoms with Crippen LogP contribution in [0.4, 0.5) is 13.2 Å². The van der Waals surface area contributed by atoms with E-state index >= 15 is 0 Å². The second kappa shape index (κ2) is 9.22. The number of ether oxygens (including phenoxy) is 1. The third-order valence-electron chi connectivity index (χ3n) is 3.80. The minimum atomic E-state index is -4.27. The molecule has 1 heterocycles. The van der Waals surface area contributed by atoms with Crippen molar-refractivity contribution in [2.24, 2.45) is 0 Å². The Morgan fingerprint density at radius 2 is 1.61 bits per heavy atom. The predicted molar refractivity (Wildman–Crippen MR) is 83.3 cm³/mol. The first kappa shape index (κ1) is 18.2. The van der Waals surface area contributed by atoms with Gasteiger partial charge in [0, 0.05) is 45.8 Å². The zero-order chi connectivity index (χ0) is 16.5. The lowest BCUT2D eigenvalue weighted by Crippen LogP contribution is -2.41. The van der Waals surface area contributed by atoms with Crippen molar-refractivity contribution >= 4 is 0 Å². The molecule has 2 N–H and O–H groups in total. The van der Waals surface area contributed by atoms with Crippen molar-refractivity contribution < 1.29 is 17.9 Å². The Bertz CT molecular complexity index is 445. The third kappa shape index (κ3) is 6.87. The highest BCUT2D eigenvalue weighted by Crippen LogP contribution is 2.28. The summed E-state index contributed by atoms with van der Waals surface area (Å²) in [6.45, 7) is 7.76. The van der Waals surface area contributed by atoms with Gasteiger partial charge in [0.25, 0.3) is 0 Å². The smallest absolute Gasteiger partial charge is 0.379 e. The quantitative estimate of drug-likeness (QED) is 0.711. The molecular weight excluding hydrogens is 307 g/mol. The van der Waals surface area contributed by atoms with Gasteiger partial charge in [-0.05, 0) is 17.7 Å². The average molecular weight is 331 g/mol. The van der Waals surface area contributed by atoms with E-state index in [0.717, 1.165) is 70.2 Å². The van der Waals surface area contributed by atoms with Crippen LogP contribution >= 0.6 is 0 Å². The number of halogens is 3. The van der Waals surface area contributed by atoms with Crippen molar-refractivity contribution in [2.45, 2.75) is 12.7 Å². The van der Waals surface area contributed by atoms with E-state index in [-0.39, 0.29) is 0 Å². The summed E-state index contributed by atoms with van der Waals surface area (Å²) >= 11 is 0. The van der Waals surface area contributed by atoms with Gasteiger partial charge < -0.3 is 15.4 Å². The Morgan fingerprint density at radius 3 is 2.26 bits per heavy atom. The van der Waals surface area contributed by atoms with Gasteiger partial charge in [-0.25, -0.2) is 0 Å². The van der Waals surface area contributed by atoms with E-state index in [1.165, 1.54) is 12.1 Å². The summed E-state index contributed by atoms with van der Waals surface area (Å²) in [5, 5.41) is 6.58. The predicted octanol–water partition coefficient (Wildman–Crippen LogP) is 1.72. The second-order valence-electron chi connectivity index (χ2n) is 5.58. The summed E-state index contributed by atoms with van der Waals surface area (Å²) in [4.78, 5) is 2.37. The van der Waals surface area contributed by atoms with Crippen molar-refractivity contribution in [3.05, 3.63) is 35.4 Å². The maximum atomic E-state index is 12.4. The molecule has 1 aromatic carbocycles. The molecule has 0 aliphatic carbocycles. The monoisotopic (exact) mass is 331 g/mol. The highest BCUT2D eigenvalue weighted by molar-refractivity contribution is 5.24. The molecule has 130 valence electrons. The van der Waals surface area contributed by atoms with Crippen molar-refractivity contribution in [1.29, 1.82) is 0 Å². The molecule has 1 saturated heterocycles. The molecule has 0 bridgehead atoms. The Morgan fingerprint density at radius 1 is 0.957 bits per heavy atom. The summed E-state index contributed by atoms with van der Waals surface area (Å²) in [5.74, 6) is 0.